The van der Waals surface area contributed by atoms with Gasteiger partial charge in [0, 0.05) is 6.54 Å². The Morgan fingerprint density at radius 3 is 2.66 bits per heavy atom. The van der Waals surface area contributed by atoms with Gasteiger partial charge in [0.05, 0.1) is 31.7 Å². The number of carbonyl (C=O) groups excluding carboxylic acids is 2. The van der Waals surface area contributed by atoms with Gasteiger partial charge in [-0.05, 0) is 38.0 Å². The van der Waals surface area contributed by atoms with E-state index in [2.05, 4.69) is 10.3 Å². The third-order valence-electron chi connectivity index (χ3n) is 5.59. The molecule has 32 heavy (non-hydrogen) atoms. The van der Waals surface area contributed by atoms with Crippen molar-refractivity contribution in [3.63, 3.8) is 0 Å². The van der Waals surface area contributed by atoms with Gasteiger partial charge in [0.25, 0.3) is 5.91 Å². The predicted molar refractivity (Wildman–Crippen MR) is 114 cm³/mol. The van der Waals surface area contributed by atoms with Crippen LogP contribution in [0.2, 0.25) is 0 Å². The molecular formula is C22H26N5O5+. The van der Waals surface area contributed by atoms with Crippen molar-refractivity contribution in [1.29, 1.82) is 0 Å². The van der Waals surface area contributed by atoms with E-state index in [1.165, 1.54) is 4.90 Å². The molecule has 3 heterocycles. The van der Waals surface area contributed by atoms with E-state index in [-0.39, 0.29) is 18.5 Å². The van der Waals surface area contributed by atoms with Crippen molar-refractivity contribution in [1.82, 2.24) is 15.2 Å². The Kier molecular flexibility index (Phi) is 5.85. The molecule has 1 aliphatic rings. The lowest BCUT2D eigenvalue weighted by Crippen LogP contribution is -2.37. The first-order valence-electron chi connectivity index (χ1n) is 10.2. The Bertz CT molecular complexity index is 1130. The number of hydrogen-bond donors (Lipinski definition) is 1. The average molecular weight is 440 g/mol. The number of ether oxygens (including phenoxy) is 2. The van der Waals surface area contributed by atoms with Crippen LogP contribution in [0.25, 0.3) is 0 Å². The summed E-state index contributed by atoms with van der Waals surface area (Å²) < 4.78 is 17.6. The fraction of sp³-hybridized carbons (Fsp3) is 0.364. The molecule has 10 nitrogen and oxygen atoms in total. The number of aryl methyl sites for hydroxylation is 2. The number of urea groups is 1. The molecule has 0 radical (unpaired) electrons. The van der Waals surface area contributed by atoms with Gasteiger partial charge in [-0.2, -0.15) is 5.10 Å². The summed E-state index contributed by atoms with van der Waals surface area (Å²) in [6, 6.07) is 5.29. The van der Waals surface area contributed by atoms with E-state index in [4.69, 9.17) is 14.0 Å². The summed E-state index contributed by atoms with van der Waals surface area (Å²) in [5.41, 5.74) is 3.25. The average Bonchev–Trinajstić information content (AvgIpc) is 3.45. The Morgan fingerprint density at radius 1 is 1.19 bits per heavy atom. The van der Waals surface area contributed by atoms with Crippen LogP contribution in [0.4, 0.5) is 10.5 Å². The molecule has 0 spiro atoms. The molecule has 1 aliphatic heterocycles. The van der Waals surface area contributed by atoms with E-state index < -0.39 is 0 Å². The lowest BCUT2D eigenvalue weighted by Gasteiger charge is -2.16. The molecule has 1 aromatic carbocycles. The molecule has 1 saturated heterocycles. The maximum absolute atomic E-state index is 12.9. The van der Waals surface area contributed by atoms with Crippen LogP contribution in [0.3, 0.4) is 0 Å². The SMILES string of the molecule is COc1ccc(CCN2CC(=O)N(c3c[nH][n+](Cc4c(C)noc4C)c3)C2=O)cc1OC. The summed E-state index contributed by atoms with van der Waals surface area (Å²) in [4.78, 5) is 28.3. The molecule has 3 aromatic rings. The number of nitrogens with zero attached hydrogens (tertiary/aromatic N) is 4. The molecule has 10 heteroatoms. The van der Waals surface area contributed by atoms with Crippen LogP contribution in [-0.4, -0.2) is 54.4 Å². The summed E-state index contributed by atoms with van der Waals surface area (Å²) in [5.74, 6) is 1.75. The molecule has 3 amide bonds. The number of amides is 3. The van der Waals surface area contributed by atoms with Crippen molar-refractivity contribution in [3.8, 4) is 11.5 Å². The number of aromatic nitrogens is 3. The van der Waals surface area contributed by atoms with Gasteiger partial charge in [-0.15, -0.1) is 4.68 Å². The highest BCUT2D eigenvalue weighted by Gasteiger charge is 2.38. The highest BCUT2D eigenvalue weighted by atomic mass is 16.5. The van der Waals surface area contributed by atoms with Crippen molar-refractivity contribution in [3.05, 3.63) is 53.2 Å². The summed E-state index contributed by atoms with van der Waals surface area (Å²) in [6.07, 6.45) is 3.97. The van der Waals surface area contributed by atoms with Gasteiger partial charge in [-0.25, -0.2) is 9.69 Å². The molecule has 0 unspecified atom stereocenters. The number of methoxy groups -OCH3 is 2. The summed E-state index contributed by atoms with van der Waals surface area (Å²) in [5, 5.41) is 7.02. The molecule has 168 valence electrons. The zero-order valence-corrected chi connectivity index (χ0v) is 18.5. The van der Waals surface area contributed by atoms with Crippen LogP contribution in [0.15, 0.2) is 35.1 Å². The van der Waals surface area contributed by atoms with Crippen molar-refractivity contribution in [2.45, 2.75) is 26.8 Å². The van der Waals surface area contributed by atoms with E-state index in [0.29, 0.717) is 36.7 Å². The van der Waals surface area contributed by atoms with Crippen molar-refractivity contribution >= 4 is 17.6 Å². The molecule has 1 fully saturated rings. The smallest absolute Gasteiger partial charge is 0.332 e. The number of aromatic amines is 1. The number of rotatable bonds is 8. The van der Waals surface area contributed by atoms with Crippen LogP contribution in [0.1, 0.15) is 22.6 Å². The monoisotopic (exact) mass is 440 g/mol. The Morgan fingerprint density at radius 2 is 1.97 bits per heavy atom. The molecule has 0 atom stereocenters. The van der Waals surface area contributed by atoms with Crippen LogP contribution in [0, 0.1) is 13.8 Å². The molecule has 2 aromatic heterocycles. The third-order valence-corrected chi connectivity index (χ3v) is 5.59. The van der Waals surface area contributed by atoms with E-state index in [1.807, 2.05) is 32.0 Å². The maximum Gasteiger partial charge on any atom is 0.332 e. The normalized spacial score (nSPS) is 13.9. The van der Waals surface area contributed by atoms with E-state index in [0.717, 1.165) is 22.6 Å². The van der Waals surface area contributed by atoms with Crippen LogP contribution >= 0.6 is 0 Å². The van der Waals surface area contributed by atoms with Gasteiger partial charge in [-0.3, -0.25) is 4.79 Å². The highest BCUT2D eigenvalue weighted by molar-refractivity contribution is 6.19. The quantitative estimate of drug-likeness (QED) is 0.424. The lowest BCUT2D eigenvalue weighted by molar-refractivity contribution is -0.742. The summed E-state index contributed by atoms with van der Waals surface area (Å²) in [7, 11) is 3.16. The number of anilines is 1. The minimum absolute atomic E-state index is 0.0428. The largest absolute Gasteiger partial charge is 0.493 e. The topological polar surface area (TPSA) is 105 Å². The van der Waals surface area contributed by atoms with Crippen molar-refractivity contribution in [2.24, 2.45) is 0 Å². The second kappa shape index (κ2) is 8.74. The zero-order valence-electron chi connectivity index (χ0n) is 18.5. The molecule has 1 N–H and O–H groups in total. The number of H-pyrrole nitrogens is 1. The number of carbonyl (C=O) groups is 2. The van der Waals surface area contributed by atoms with Gasteiger partial charge in [-0.1, -0.05) is 11.2 Å². The number of hydrogen-bond acceptors (Lipinski definition) is 6. The minimum atomic E-state index is -0.334. The number of imide groups is 1. The van der Waals surface area contributed by atoms with Crippen molar-refractivity contribution in [2.75, 3.05) is 32.2 Å². The zero-order chi connectivity index (χ0) is 22.8. The maximum atomic E-state index is 12.9. The van der Waals surface area contributed by atoms with E-state index >= 15 is 0 Å². The second-order valence-corrected chi connectivity index (χ2v) is 7.63. The lowest BCUT2D eigenvalue weighted by atomic mass is 10.1. The first-order valence-corrected chi connectivity index (χ1v) is 10.2. The van der Waals surface area contributed by atoms with Crippen LogP contribution in [0.5, 0.6) is 11.5 Å². The first kappa shape index (κ1) is 21.4. The van der Waals surface area contributed by atoms with Gasteiger partial charge in [0.1, 0.15) is 18.0 Å². The molecule has 4 rings (SSSR count). The summed E-state index contributed by atoms with van der Waals surface area (Å²) >= 11 is 0. The third kappa shape index (κ3) is 4.03. The van der Waals surface area contributed by atoms with Gasteiger partial charge in [0.15, 0.2) is 11.5 Å². The van der Waals surface area contributed by atoms with Crippen LogP contribution < -0.4 is 19.1 Å². The van der Waals surface area contributed by atoms with E-state index in [9.17, 15) is 9.59 Å². The Hall–Kier alpha value is -3.82. The second-order valence-electron chi connectivity index (χ2n) is 7.63. The van der Waals surface area contributed by atoms with Gasteiger partial charge in [0.2, 0.25) is 12.7 Å². The molecule has 0 aliphatic carbocycles. The van der Waals surface area contributed by atoms with Gasteiger partial charge < -0.3 is 18.9 Å². The van der Waals surface area contributed by atoms with Crippen molar-refractivity contribution < 1.29 is 28.3 Å². The number of nitrogens with one attached hydrogen (secondary N) is 1. The fourth-order valence-corrected chi connectivity index (χ4v) is 3.77. The fourth-order valence-electron chi connectivity index (χ4n) is 3.77. The Balaban J connectivity index is 1.43. The van der Waals surface area contributed by atoms with E-state index in [1.54, 1.807) is 36.2 Å². The van der Waals surface area contributed by atoms with Crippen LogP contribution in [-0.2, 0) is 17.8 Å². The molecule has 0 saturated carbocycles. The standard InChI is InChI=1S/C22H25N5O5/c1-14-18(15(2)32-24-14)12-26-11-17(10-23-26)27-21(28)13-25(22(27)29)8-7-16-5-6-19(30-3)20(9-16)31-4/h5-6,9-11H,7-8,12-13H2,1-4H3/p+1. The predicted octanol–water partition coefficient (Wildman–Crippen LogP) is 1.98. The minimum Gasteiger partial charge on any atom is -0.493 e. The van der Waals surface area contributed by atoms with Gasteiger partial charge >= 0.3 is 6.03 Å². The molecular weight excluding hydrogens is 414 g/mol. The Labute approximate surface area is 185 Å². The summed E-state index contributed by atoms with van der Waals surface area (Å²) in [6.45, 7) is 4.69. The highest BCUT2D eigenvalue weighted by Crippen LogP contribution is 2.28. The molecule has 0 bridgehead atoms. The number of benzene rings is 1. The first-order chi connectivity index (χ1) is 15.4.